The molecule has 0 unspecified atom stereocenters. The van der Waals surface area contributed by atoms with Gasteiger partial charge in [-0.2, -0.15) is 18.4 Å². The van der Waals surface area contributed by atoms with Crippen molar-refractivity contribution in [2.75, 3.05) is 0 Å². The normalized spacial score (nSPS) is 11.9. The standard InChI is InChI=1S/C22H17BrF3N5O/c1-12(2)5-16-7-17-18(4-3-13(8-27)20(17)22(24,25)26)31(16)11-19-29-30-21(32-19)14-6-15(23)10-28-9-14/h3-4,6-7,9-10,12H,5,11H2,1-2H3. The van der Waals surface area contributed by atoms with Crippen molar-refractivity contribution in [1.82, 2.24) is 19.7 Å². The van der Waals surface area contributed by atoms with Gasteiger partial charge in [-0.25, -0.2) is 0 Å². The quantitative estimate of drug-likeness (QED) is 0.334. The molecule has 4 rings (SSSR count). The smallest absolute Gasteiger partial charge is 0.418 e. The van der Waals surface area contributed by atoms with Crippen LogP contribution in [0.5, 0.6) is 0 Å². The number of alkyl halides is 3. The second-order valence-corrected chi connectivity index (χ2v) is 8.66. The lowest BCUT2D eigenvalue weighted by Gasteiger charge is -2.12. The predicted octanol–water partition coefficient (Wildman–Crippen LogP) is 5.99. The highest BCUT2D eigenvalue weighted by molar-refractivity contribution is 9.10. The highest BCUT2D eigenvalue weighted by Gasteiger charge is 2.36. The molecule has 6 nitrogen and oxygen atoms in total. The molecule has 3 aromatic heterocycles. The van der Waals surface area contributed by atoms with Crippen molar-refractivity contribution in [1.29, 1.82) is 5.26 Å². The third-order valence-corrected chi connectivity index (χ3v) is 5.34. The van der Waals surface area contributed by atoms with Gasteiger partial charge in [0.2, 0.25) is 11.8 Å². The summed E-state index contributed by atoms with van der Waals surface area (Å²) in [5.74, 6) is 0.715. The van der Waals surface area contributed by atoms with Crippen LogP contribution >= 0.6 is 15.9 Å². The van der Waals surface area contributed by atoms with E-state index in [9.17, 15) is 18.4 Å². The van der Waals surface area contributed by atoms with Crippen molar-refractivity contribution >= 4 is 26.8 Å². The van der Waals surface area contributed by atoms with E-state index < -0.39 is 17.3 Å². The largest absolute Gasteiger partial charge is 0.419 e. The number of fused-ring (bicyclic) bond motifs is 1. The minimum absolute atomic E-state index is 0.0110. The van der Waals surface area contributed by atoms with Gasteiger partial charge in [-0.15, -0.1) is 10.2 Å². The van der Waals surface area contributed by atoms with E-state index in [0.717, 1.165) is 4.47 Å². The highest BCUT2D eigenvalue weighted by atomic mass is 79.9. The van der Waals surface area contributed by atoms with Gasteiger partial charge in [0.25, 0.3) is 0 Å². The zero-order chi connectivity index (χ0) is 23.0. The maximum Gasteiger partial charge on any atom is 0.418 e. The second-order valence-electron chi connectivity index (χ2n) is 7.74. The molecular formula is C22H17BrF3N5O. The number of hydrogen-bond acceptors (Lipinski definition) is 5. The van der Waals surface area contributed by atoms with Crippen molar-refractivity contribution in [2.45, 2.75) is 33.0 Å². The average Bonchev–Trinajstić information content (AvgIpc) is 3.31. The first-order valence-corrected chi connectivity index (χ1v) is 10.5. The third-order valence-electron chi connectivity index (χ3n) is 4.90. The maximum atomic E-state index is 13.8. The van der Waals surface area contributed by atoms with Crippen molar-refractivity contribution in [2.24, 2.45) is 5.92 Å². The van der Waals surface area contributed by atoms with Gasteiger partial charge in [-0.05, 0) is 52.5 Å². The molecule has 1 aromatic carbocycles. The van der Waals surface area contributed by atoms with Crippen LogP contribution in [0.4, 0.5) is 13.2 Å². The molecule has 0 aliphatic heterocycles. The fourth-order valence-electron chi connectivity index (χ4n) is 3.66. The molecule has 0 saturated heterocycles. The van der Waals surface area contributed by atoms with Gasteiger partial charge >= 0.3 is 6.18 Å². The Morgan fingerprint density at radius 2 is 1.97 bits per heavy atom. The van der Waals surface area contributed by atoms with E-state index in [1.165, 1.54) is 18.2 Å². The van der Waals surface area contributed by atoms with Crippen LogP contribution in [0, 0.1) is 17.2 Å². The zero-order valence-electron chi connectivity index (χ0n) is 17.1. The van der Waals surface area contributed by atoms with Gasteiger partial charge in [0, 0.05) is 33.5 Å². The minimum Gasteiger partial charge on any atom is -0.419 e. The predicted molar refractivity (Wildman–Crippen MR) is 115 cm³/mol. The average molecular weight is 504 g/mol. The van der Waals surface area contributed by atoms with E-state index in [1.807, 2.05) is 13.8 Å². The Morgan fingerprint density at radius 3 is 2.62 bits per heavy atom. The number of pyridine rings is 1. The van der Waals surface area contributed by atoms with Crippen LogP contribution in [0.15, 0.2) is 45.5 Å². The molecule has 0 aliphatic rings. The summed E-state index contributed by atoms with van der Waals surface area (Å²) in [6.45, 7) is 4.07. The van der Waals surface area contributed by atoms with Gasteiger partial charge in [0.15, 0.2) is 0 Å². The number of nitriles is 1. The van der Waals surface area contributed by atoms with Gasteiger partial charge in [0.05, 0.1) is 22.8 Å². The van der Waals surface area contributed by atoms with E-state index in [0.29, 0.717) is 23.2 Å². The van der Waals surface area contributed by atoms with Crippen molar-refractivity contribution in [3.8, 4) is 17.5 Å². The second kappa shape index (κ2) is 8.39. The Labute approximate surface area is 189 Å². The lowest BCUT2D eigenvalue weighted by Crippen LogP contribution is -2.09. The van der Waals surface area contributed by atoms with Crippen LogP contribution in [0.25, 0.3) is 22.4 Å². The molecule has 0 fully saturated rings. The number of hydrogen-bond donors (Lipinski definition) is 0. The summed E-state index contributed by atoms with van der Waals surface area (Å²) in [7, 11) is 0. The molecule has 0 spiro atoms. The fourth-order valence-corrected chi connectivity index (χ4v) is 4.03. The molecule has 32 heavy (non-hydrogen) atoms. The van der Waals surface area contributed by atoms with E-state index in [1.54, 1.807) is 29.1 Å². The van der Waals surface area contributed by atoms with Crippen molar-refractivity contribution < 1.29 is 17.6 Å². The van der Waals surface area contributed by atoms with Gasteiger partial charge < -0.3 is 8.98 Å². The summed E-state index contributed by atoms with van der Waals surface area (Å²) < 4.78 is 49.7. The third kappa shape index (κ3) is 4.25. The first-order chi connectivity index (χ1) is 15.2. The molecule has 3 heterocycles. The molecule has 0 aliphatic carbocycles. The summed E-state index contributed by atoms with van der Waals surface area (Å²) in [6, 6.07) is 7.68. The molecule has 4 aromatic rings. The Balaban J connectivity index is 1.82. The Morgan fingerprint density at radius 1 is 1.19 bits per heavy atom. The topological polar surface area (TPSA) is 80.5 Å². The lowest BCUT2D eigenvalue weighted by molar-refractivity contribution is -0.136. The first kappa shape index (κ1) is 22.0. The maximum absolute atomic E-state index is 13.8. The van der Waals surface area contributed by atoms with Gasteiger partial charge in [-0.1, -0.05) is 13.8 Å². The van der Waals surface area contributed by atoms with Crippen LogP contribution < -0.4 is 0 Å². The number of benzene rings is 1. The molecule has 0 atom stereocenters. The zero-order valence-corrected chi connectivity index (χ0v) is 18.7. The monoisotopic (exact) mass is 503 g/mol. The first-order valence-electron chi connectivity index (χ1n) is 9.73. The van der Waals surface area contributed by atoms with E-state index in [2.05, 4.69) is 31.1 Å². The highest BCUT2D eigenvalue weighted by Crippen LogP contribution is 2.39. The van der Waals surface area contributed by atoms with E-state index in [4.69, 9.17) is 4.42 Å². The Hall–Kier alpha value is -3.19. The number of nitrogens with zero attached hydrogens (tertiary/aromatic N) is 5. The molecule has 0 radical (unpaired) electrons. The number of rotatable bonds is 5. The van der Waals surface area contributed by atoms with Gasteiger partial charge in [-0.3, -0.25) is 4.98 Å². The minimum atomic E-state index is -4.66. The molecule has 0 saturated carbocycles. The van der Waals surface area contributed by atoms with Crippen LogP contribution in [0.3, 0.4) is 0 Å². The molecule has 10 heteroatoms. The van der Waals surface area contributed by atoms with Crippen LogP contribution in [0.1, 0.15) is 36.6 Å². The SMILES string of the molecule is CC(C)Cc1cc2c(C(F)(F)F)c(C#N)ccc2n1Cc1nnc(-c2cncc(Br)c2)o1. The summed E-state index contributed by atoms with van der Waals surface area (Å²) >= 11 is 3.34. The van der Waals surface area contributed by atoms with Crippen LogP contribution in [-0.4, -0.2) is 19.7 Å². The summed E-state index contributed by atoms with van der Waals surface area (Å²) in [5, 5.41) is 17.3. The van der Waals surface area contributed by atoms with Crippen LogP contribution in [0.2, 0.25) is 0 Å². The number of halogens is 4. The summed E-state index contributed by atoms with van der Waals surface area (Å²) in [6.07, 6.45) is -0.906. The summed E-state index contributed by atoms with van der Waals surface area (Å²) in [5.41, 5.74) is 0.347. The molecular weight excluding hydrogens is 487 g/mol. The number of aromatic nitrogens is 4. The Bertz CT molecular complexity index is 1330. The molecule has 0 bridgehead atoms. The summed E-state index contributed by atoms with van der Waals surface area (Å²) in [4.78, 5) is 4.07. The van der Waals surface area contributed by atoms with Gasteiger partial charge in [0.1, 0.15) is 6.54 Å². The van der Waals surface area contributed by atoms with E-state index >= 15 is 0 Å². The lowest BCUT2D eigenvalue weighted by atomic mass is 10.0. The van der Waals surface area contributed by atoms with Crippen molar-refractivity contribution in [3.05, 3.63) is 63.8 Å². The fraction of sp³-hybridized carbons (Fsp3) is 0.273. The molecule has 0 amide bonds. The molecule has 164 valence electrons. The Kier molecular flexibility index (Phi) is 5.77. The van der Waals surface area contributed by atoms with E-state index in [-0.39, 0.29) is 29.6 Å². The van der Waals surface area contributed by atoms with Crippen molar-refractivity contribution in [3.63, 3.8) is 0 Å². The van der Waals surface area contributed by atoms with Crippen LogP contribution in [-0.2, 0) is 19.1 Å². The molecule has 0 N–H and O–H groups in total.